The smallest absolute Gasteiger partial charge is 0.410 e. The molecular formula is C14H19N3O3S. The topological polar surface area (TPSA) is 62.7 Å². The molecule has 2 aliphatic heterocycles. The highest BCUT2D eigenvalue weighted by Crippen LogP contribution is 2.32. The molecule has 2 amide bonds. The zero-order valence-electron chi connectivity index (χ0n) is 12.5. The van der Waals surface area contributed by atoms with Crippen LogP contribution in [-0.2, 0) is 4.74 Å². The van der Waals surface area contributed by atoms with Crippen molar-refractivity contribution in [1.29, 1.82) is 0 Å². The molecule has 0 spiro atoms. The lowest BCUT2D eigenvalue weighted by Crippen LogP contribution is -2.62. The van der Waals surface area contributed by atoms with Crippen LogP contribution < -0.4 is 0 Å². The first-order chi connectivity index (χ1) is 9.97. The van der Waals surface area contributed by atoms with Crippen LogP contribution in [0.5, 0.6) is 0 Å². The maximum Gasteiger partial charge on any atom is 0.410 e. The second-order valence-corrected chi connectivity index (χ2v) is 6.86. The van der Waals surface area contributed by atoms with Crippen molar-refractivity contribution in [3.05, 3.63) is 15.6 Å². The third kappa shape index (κ3) is 2.19. The van der Waals surface area contributed by atoms with Gasteiger partial charge in [0, 0.05) is 19.6 Å². The number of carbonyl (C=O) groups excluding carboxylic acids is 2. The van der Waals surface area contributed by atoms with Crippen LogP contribution in [0.1, 0.15) is 33.7 Å². The highest BCUT2D eigenvalue weighted by Gasteiger charge is 2.50. The summed E-state index contributed by atoms with van der Waals surface area (Å²) in [5.74, 6) is 0.0184. The summed E-state index contributed by atoms with van der Waals surface area (Å²) in [4.78, 5) is 33.1. The maximum atomic E-state index is 12.7. The van der Waals surface area contributed by atoms with Crippen LogP contribution in [-0.4, -0.2) is 58.6 Å². The summed E-state index contributed by atoms with van der Waals surface area (Å²) in [6, 6.07) is 0. The molecule has 1 unspecified atom stereocenters. The standard InChI is InChI=1S/C14H19N3O3S/c1-4-14-7-16(5-6-17(14)13(19)20-8-14)12(18)11-9(2)15-10(3)21-11/h4-8H2,1-3H3. The number of piperazine rings is 1. The summed E-state index contributed by atoms with van der Waals surface area (Å²) < 4.78 is 5.20. The van der Waals surface area contributed by atoms with Gasteiger partial charge in [0.2, 0.25) is 0 Å². The number of nitrogens with zero attached hydrogens (tertiary/aromatic N) is 3. The molecule has 0 radical (unpaired) electrons. The third-order valence-corrected chi connectivity index (χ3v) is 5.44. The zero-order valence-corrected chi connectivity index (χ0v) is 13.3. The van der Waals surface area contributed by atoms with Crippen molar-refractivity contribution < 1.29 is 14.3 Å². The van der Waals surface area contributed by atoms with Crippen LogP contribution in [0.3, 0.4) is 0 Å². The zero-order chi connectivity index (χ0) is 15.2. The van der Waals surface area contributed by atoms with Crippen molar-refractivity contribution in [2.75, 3.05) is 26.2 Å². The van der Waals surface area contributed by atoms with Gasteiger partial charge in [0.1, 0.15) is 11.5 Å². The average Bonchev–Trinajstić information content (AvgIpc) is 2.98. The summed E-state index contributed by atoms with van der Waals surface area (Å²) in [5, 5.41) is 0.902. The Morgan fingerprint density at radius 2 is 2.19 bits per heavy atom. The minimum absolute atomic E-state index is 0.0184. The van der Waals surface area contributed by atoms with Gasteiger partial charge in [-0.3, -0.25) is 9.69 Å². The maximum absolute atomic E-state index is 12.7. The van der Waals surface area contributed by atoms with Crippen LogP contribution in [0, 0.1) is 13.8 Å². The van der Waals surface area contributed by atoms with Crippen molar-refractivity contribution in [2.45, 2.75) is 32.7 Å². The van der Waals surface area contributed by atoms with E-state index in [2.05, 4.69) is 4.98 Å². The van der Waals surface area contributed by atoms with Gasteiger partial charge in [0.25, 0.3) is 5.91 Å². The van der Waals surface area contributed by atoms with Gasteiger partial charge in [0.15, 0.2) is 0 Å². The Labute approximate surface area is 127 Å². The van der Waals surface area contributed by atoms with E-state index in [1.54, 1.807) is 4.90 Å². The van der Waals surface area contributed by atoms with Crippen molar-refractivity contribution in [3.63, 3.8) is 0 Å². The highest BCUT2D eigenvalue weighted by atomic mass is 32.1. The Hall–Kier alpha value is -1.63. The fourth-order valence-corrected chi connectivity index (χ4v) is 4.00. The summed E-state index contributed by atoms with van der Waals surface area (Å²) in [7, 11) is 0. The molecule has 21 heavy (non-hydrogen) atoms. The number of aryl methyl sites for hydroxylation is 2. The number of amides is 2. The second kappa shape index (κ2) is 4.98. The third-order valence-electron chi connectivity index (χ3n) is 4.38. The summed E-state index contributed by atoms with van der Waals surface area (Å²) >= 11 is 1.43. The number of rotatable bonds is 2. The van der Waals surface area contributed by atoms with Gasteiger partial charge >= 0.3 is 6.09 Å². The Kier molecular flexibility index (Phi) is 3.39. The minimum atomic E-state index is -0.362. The molecule has 7 heteroatoms. The van der Waals surface area contributed by atoms with Gasteiger partial charge in [-0.15, -0.1) is 11.3 Å². The Bertz CT molecular complexity index is 600. The summed E-state index contributed by atoms with van der Waals surface area (Å²) in [6.45, 7) is 7.79. The Balaban J connectivity index is 1.83. The van der Waals surface area contributed by atoms with E-state index in [-0.39, 0.29) is 17.5 Å². The number of hydrogen-bond donors (Lipinski definition) is 0. The Morgan fingerprint density at radius 1 is 1.43 bits per heavy atom. The van der Waals surface area contributed by atoms with E-state index >= 15 is 0 Å². The first-order valence-corrected chi connectivity index (χ1v) is 7.96. The van der Waals surface area contributed by atoms with Gasteiger partial charge < -0.3 is 9.64 Å². The predicted octanol–water partition coefficient (Wildman–Crippen LogP) is 1.82. The largest absolute Gasteiger partial charge is 0.447 e. The number of hydrogen-bond acceptors (Lipinski definition) is 5. The summed E-state index contributed by atoms with van der Waals surface area (Å²) in [6.07, 6.45) is 0.525. The van der Waals surface area contributed by atoms with E-state index in [9.17, 15) is 9.59 Å². The lowest BCUT2D eigenvalue weighted by Gasteiger charge is -2.44. The molecule has 3 heterocycles. The lowest BCUT2D eigenvalue weighted by molar-refractivity contribution is 0.0364. The number of ether oxygens (including phenoxy) is 1. The van der Waals surface area contributed by atoms with Gasteiger partial charge in [-0.25, -0.2) is 9.78 Å². The number of fused-ring (bicyclic) bond motifs is 1. The van der Waals surface area contributed by atoms with E-state index in [0.29, 0.717) is 31.1 Å². The van der Waals surface area contributed by atoms with E-state index in [1.807, 2.05) is 25.7 Å². The molecular weight excluding hydrogens is 290 g/mol. The first-order valence-electron chi connectivity index (χ1n) is 7.14. The molecule has 3 rings (SSSR count). The van der Waals surface area contributed by atoms with Crippen LogP contribution >= 0.6 is 11.3 Å². The molecule has 2 fully saturated rings. The van der Waals surface area contributed by atoms with Gasteiger partial charge in [-0.2, -0.15) is 0 Å². The first kappa shape index (κ1) is 14.3. The number of cyclic esters (lactones) is 1. The molecule has 1 atom stereocenters. The highest BCUT2D eigenvalue weighted by molar-refractivity contribution is 7.13. The van der Waals surface area contributed by atoms with Gasteiger partial charge in [-0.1, -0.05) is 6.92 Å². The van der Waals surface area contributed by atoms with Gasteiger partial charge in [0.05, 0.1) is 16.2 Å². The van der Waals surface area contributed by atoms with Crippen molar-refractivity contribution in [1.82, 2.24) is 14.8 Å². The normalized spacial score (nSPS) is 25.0. The molecule has 2 saturated heterocycles. The molecule has 0 saturated carbocycles. The molecule has 0 aliphatic carbocycles. The second-order valence-electron chi connectivity index (χ2n) is 5.66. The van der Waals surface area contributed by atoms with Gasteiger partial charge in [-0.05, 0) is 20.3 Å². The Morgan fingerprint density at radius 3 is 2.81 bits per heavy atom. The molecule has 1 aromatic heterocycles. The predicted molar refractivity (Wildman–Crippen MR) is 78.6 cm³/mol. The number of thiazole rings is 1. The number of aromatic nitrogens is 1. The van der Waals surface area contributed by atoms with Crippen LogP contribution in [0.15, 0.2) is 0 Å². The van der Waals surface area contributed by atoms with Crippen molar-refractivity contribution in [3.8, 4) is 0 Å². The SMILES string of the molecule is CCC12COC(=O)N1CCN(C(=O)c1sc(C)nc1C)C2. The fraction of sp³-hybridized carbons (Fsp3) is 0.643. The van der Waals surface area contributed by atoms with Crippen molar-refractivity contribution in [2.24, 2.45) is 0 Å². The fourth-order valence-electron chi connectivity index (χ4n) is 3.11. The molecule has 114 valence electrons. The molecule has 0 aromatic carbocycles. The van der Waals surface area contributed by atoms with E-state index in [1.165, 1.54) is 11.3 Å². The molecule has 2 aliphatic rings. The number of carbonyl (C=O) groups is 2. The monoisotopic (exact) mass is 309 g/mol. The van der Waals surface area contributed by atoms with Crippen LogP contribution in [0.25, 0.3) is 0 Å². The molecule has 1 aromatic rings. The van der Waals surface area contributed by atoms with Crippen LogP contribution in [0.2, 0.25) is 0 Å². The van der Waals surface area contributed by atoms with E-state index in [0.717, 1.165) is 17.1 Å². The molecule has 0 bridgehead atoms. The lowest BCUT2D eigenvalue weighted by atomic mass is 9.93. The quantitative estimate of drug-likeness (QED) is 0.836. The summed E-state index contributed by atoms with van der Waals surface area (Å²) in [5.41, 5.74) is 0.424. The van der Waals surface area contributed by atoms with Crippen molar-refractivity contribution >= 4 is 23.3 Å². The van der Waals surface area contributed by atoms with Crippen LogP contribution in [0.4, 0.5) is 4.79 Å². The molecule has 6 nitrogen and oxygen atoms in total. The molecule has 0 N–H and O–H groups in total. The van der Waals surface area contributed by atoms with E-state index in [4.69, 9.17) is 4.74 Å². The average molecular weight is 309 g/mol. The minimum Gasteiger partial charge on any atom is -0.447 e. The van der Waals surface area contributed by atoms with E-state index < -0.39 is 0 Å².